The molecule has 2 aliphatic rings. The summed E-state index contributed by atoms with van der Waals surface area (Å²) < 4.78 is 79.5. The van der Waals surface area contributed by atoms with Crippen LogP contribution in [-0.4, -0.2) is 92.9 Å². The average molecular weight is 629 g/mol. The minimum atomic E-state index is -4.69. The Bertz CT molecular complexity index is 1500. The van der Waals surface area contributed by atoms with Crippen LogP contribution in [0.25, 0.3) is 11.0 Å². The van der Waals surface area contributed by atoms with Gasteiger partial charge in [-0.25, -0.2) is 18.6 Å². The van der Waals surface area contributed by atoms with E-state index in [1.165, 1.54) is 18.1 Å². The predicted octanol–water partition coefficient (Wildman–Crippen LogP) is 3.74. The van der Waals surface area contributed by atoms with Crippen molar-refractivity contribution >= 4 is 23.0 Å². The normalized spacial score (nSPS) is 18.7. The molecule has 1 saturated carbocycles. The van der Waals surface area contributed by atoms with E-state index in [4.69, 9.17) is 9.47 Å². The number of urea groups is 1. The number of rotatable bonds is 12. The van der Waals surface area contributed by atoms with Crippen molar-refractivity contribution in [3.8, 4) is 0 Å². The van der Waals surface area contributed by atoms with Gasteiger partial charge in [0, 0.05) is 7.11 Å². The molecule has 0 radical (unpaired) electrons. The topological polar surface area (TPSA) is 139 Å². The number of methoxy groups -OCH3 is 1. The van der Waals surface area contributed by atoms with Gasteiger partial charge in [-0.2, -0.15) is 23.1 Å². The van der Waals surface area contributed by atoms with E-state index in [1.54, 1.807) is 18.2 Å². The zero-order chi connectivity index (χ0) is 31.9. The Morgan fingerprint density at radius 3 is 2.66 bits per heavy atom. The third kappa shape index (κ3) is 7.09. The largest absolute Gasteiger partial charge is 0.416 e. The summed E-state index contributed by atoms with van der Waals surface area (Å²) in [6.07, 6.45) is -1.31. The van der Waals surface area contributed by atoms with Crippen LogP contribution >= 0.6 is 0 Å². The highest BCUT2D eigenvalue weighted by molar-refractivity contribution is 5.92. The number of imidazole rings is 1. The molecule has 44 heavy (non-hydrogen) atoms. The molecule has 2 aromatic heterocycles. The van der Waals surface area contributed by atoms with E-state index in [9.17, 15) is 31.5 Å². The highest BCUT2D eigenvalue weighted by Gasteiger charge is 2.49. The standard InChI is InChI=1S/C27H33F5N8O4/c1-25(2,27(30,31)32)44-11-20(37-23(41)19-9-34-40(38-19)10-15-4-5-15)22-35-17-7-6-16(8-18(17)36-22)21(12-43-3)39-14-26(28,29)13-33-24(39)42/h6-9,15,20-21H,4-5,10-14H2,1-3H3,(H,33,42)(H,35,36)(H,37,41)/t20-,21+/m0/s1. The van der Waals surface area contributed by atoms with E-state index in [0.29, 0.717) is 29.1 Å². The Morgan fingerprint density at radius 2 is 1.98 bits per heavy atom. The minimum absolute atomic E-state index is 0.0249. The second kappa shape index (κ2) is 11.9. The third-order valence-electron chi connectivity index (χ3n) is 7.59. The first kappa shape index (κ1) is 31.6. The van der Waals surface area contributed by atoms with Crippen LogP contribution in [-0.2, 0) is 16.0 Å². The van der Waals surface area contributed by atoms with E-state index in [2.05, 4.69) is 30.8 Å². The lowest BCUT2D eigenvalue weighted by Gasteiger charge is -2.38. The molecule has 3 N–H and O–H groups in total. The number of aromatic amines is 1. The van der Waals surface area contributed by atoms with E-state index >= 15 is 0 Å². The van der Waals surface area contributed by atoms with Crippen LogP contribution in [0.2, 0.25) is 0 Å². The quantitative estimate of drug-likeness (QED) is 0.260. The highest BCUT2D eigenvalue weighted by atomic mass is 19.4. The average Bonchev–Trinajstić information content (AvgIpc) is 3.46. The number of alkyl halides is 5. The molecule has 5 rings (SSSR count). The van der Waals surface area contributed by atoms with Crippen LogP contribution in [0.15, 0.2) is 24.4 Å². The summed E-state index contributed by atoms with van der Waals surface area (Å²) in [6, 6.07) is 2.01. The number of carbonyl (C=O) groups excluding carboxylic acids is 2. The second-order valence-corrected chi connectivity index (χ2v) is 11.6. The van der Waals surface area contributed by atoms with Gasteiger partial charge in [0.1, 0.15) is 11.9 Å². The van der Waals surface area contributed by atoms with Gasteiger partial charge in [0.25, 0.3) is 11.8 Å². The highest BCUT2D eigenvalue weighted by Crippen LogP contribution is 2.34. The lowest BCUT2D eigenvalue weighted by Crippen LogP contribution is -2.58. The molecule has 3 amide bonds. The molecule has 0 bridgehead atoms. The van der Waals surface area contributed by atoms with E-state index < -0.39 is 61.4 Å². The minimum Gasteiger partial charge on any atom is -0.382 e. The van der Waals surface area contributed by atoms with Crippen LogP contribution in [0.5, 0.6) is 0 Å². The number of nitrogens with one attached hydrogen (secondary N) is 3. The maximum absolute atomic E-state index is 14.2. The summed E-state index contributed by atoms with van der Waals surface area (Å²) in [6.45, 7) is 0.0197. The molecular weight excluding hydrogens is 595 g/mol. The Kier molecular flexibility index (Phi) is 8.54. The molecule has 3 aromatic rings. The molecule has 2 atom stereocenters. The second-order valence-electron chi connectivity index (χ2n) is 11.6. The molecular formula is C27H33F5N8O4. The van der Waals surface area contributed by atoms with Crippen molar-refractivity contribution in [1.29, 1.82) is 0 Å². The summed E-state index contributed by atoms with van der Waals surface area (Å²) in [5.41, 5.74) is -1.37. The summed E-state index contributed by atoms with van der Waals surface area (Å²) in [5.74, 6) is -3.31. The molecule has 12 nitrogen and oxygen atoms in total. The molecule has 0 spiro atoms. The van der Waals surface area contributed by atoms with Crippen molar-refractivity contribution in [3.63, 3.8) is 0 Å². The molecule has 1 aliphatic carbocycles. The van der Waals surface area contributed by atoms with Gasteiger partial charge in [-0.1, -0.05) is 6.07 Å². The number of hydrogen-bond acceptors (Lipinski definition) is 7. The first-order chi connectivity index (χ1) is 20.7. The number of halogens is 5. The van der Waals surface area contributed by atoms with Crippen LogP contribution in [0.1, 0.15) is 60.6 Å². The number of benzene rings is 1. The van der Waals surface area contributed by atoms with Gasteiger partial charge >= 0.3 is 12.2 Å². The lowest BCUT2D eigenvalue weighted by atomic mass is 10.0. The Hall–Kier alpha value is -3.86. The third-order valence-corrected chi connectivity index (χ3v) is 7.59. The molecule has 1 aliphatic heterocycles. The number of amides is 3. The number of fused-ring (bicyclic) bond motifs is 1. The Morgan fingerprint density at radius 1 is 1.23 bits per heavy atom. The molecule has 17 heteroatoms. The zero-order valence-corrected chi connectivity index (χ0v) is 24.3. The van der Waals surface area contributed by atoms with E-state index in [-0.39, 0.29) is 18.1 Å². The van der Waals surface area contributed by atoms with Gasteiger partial charge in [-0.05, 0) is 50.3 Å². The van der Waals surface area contributed by atoms with Gasteiger partial charge in [0.2, 0.25) is 0 Å². The van der Waals surface area contributed by atoms with Crippen LogP contribution in [0.3, 0.4) is 0 Å². The number of aromatic nitrogens is 5. The lowest BCUT2D eigenvalue weighted by molar-refractivity contribution is -0.265. The van der Waals surface area contributed by atoms with Crippen LogP contribution in [0, 0.1) is 5.92 Å². The molecule has 3 heterocycles. The fourth-order valence-corrected chi connectivity index (χ4v) is 4.69. The Labute approximate surface area is 248 Å². The van der Waals surface area contributed by atoms with Crippen molar-refractivity contribution in [2.24, 2.45) is 5.92 Å². The summed E-state index contributed by atoms with van der Waals surface area (Å²) in [7, 11) is 1.37. The zero-order valence-electron chi connectivity index (χ0n) is 24.3. The number of hydrogen-bond donors (Lipinski definition) is 3. The van der Waals surface area contributed by atoms with Crippen molar-refractivity contribution in [2.45, 2.75) is 63.0 Å². The SMILES string of the molecule is COC[C@H](c1ccc2[nH]c([C@H](COC(C)(C)C(F)(F)F)NC(=O)c3cnn(CC4CC4)n3)nc2c1)N1CC(F)(F)CNC1=O. The number of carbonyl (C=O) groups is 2. The van der Waals surface area contributed by atoms with E-state index in [0.717, 1.165) is 31.6 Å². The molecule has 0 unspecified atom stereocenters. The monoisotopic (exact) mass is 628 g/mol. The van der Waals surface area contributed by atoms with Crippen molar-refractivity contribution < 1.29 is 41.0 Å². The molecule has 1 saturated heterocycles. The first-order valence-corrected chi connectivity index (χ1v) is 14.0. The van der Waals surface area contributed by atoms with Crippen molar-refractivity contribution in [1.82, 2.24) is 40.5 Å². The maximum Gasteiger partial charge on any atom is 0.416 e. The predicted molar refractivity (Wildman–Crippen MR) is 145 cm³/mol. The fourth-order valence-electron chi connectivity index (χ4n) is 4.69. The number of ether oxygens (including phenoxy) is 2. The van der Waals surface area contributed by atoms with Gasteiger partial charge in [-0.3, -0.25) is 4.79 Å². The van der Waals surface area contributed by atoms with Crippen LogP contribution < -0.4 is 10.6 Å². The van der Waals surface area contributed by atoms with Gasteiger partial charge < -0.3 is 30.0 Å². The summed E-state index contributed by atoms with van der Waals surface area (Å²) in [4.78, 5) is 35.4. The molecule has 1 aromatic carbocycles. The smallest absolute Gasteiger partial charge is 0.382 e. The fraction of sp³-hybridized carbons (Fsp3) is 0.593. The number of H-pyrrole nitrogens is 1. The first-order valence-electron chi connectivity index (χ1n) is 14.0. The molecule has 240 valence electrons. The van der Waals surface area contributed by atoms with Gasteiger partial charge in [0.05, 0.1) is 56.1 Å². The van der Waals surface area contributed by atoms with E-state index in [1.807, 2.05) is 0 Å². The van der Waals surface area contributed by atoms with Gasteiger partial charge in [0.15, 0.2) is 11.3 Å². The summed E-state index contributed by atoms with van der Waals surface area (Å²) in [5, 5.41) is 13.1. The maximum atomic E-state index is 14.2. The van der Waals surface area contributed by atoms with Gasteiger partial charge in [-0.15, -0.1) is 5.10 Å². The summed E-state index contributed by atoms with van der Waals surface area (Å²) >= 11 is 0. The number of nitrogens with zero attached hydrogens (tertiary/aromatic N) is 5. The van der Waals surface area contributed by atoms with Crippen LogP contribution in [0.4, 0.5) is 26.7 Å². The van der Waals surface area contributed by atoms with Crippen molar-refractivity contribution in [3.05, 3.63) is 41.5 Å². The Balaban J connectivity index is 1.42. The van der Waals surface area contributed by atoms with Crippen molar-refractivity contribution in [2.75, 3.05) is 33.4 Å². The molecule has 2 fully saturated rings.